The second kappa shape index (κ2) is 6.90. The van der Waals surface area contributed by atoms with E-state index in [1.807, 2.05) is 0 Å². The molecule has 0 heterocycles. The Kier molecular flexibility index (Phi) is 6.26. The number of ether oxygens (including phenoxy) is 2. The maximum absolute atomic E-state index is 11.7. The predicted octanol–water partition coefficient (Wildman–Crippen LogP) is 0.379. The van der Waals surface area contributed by atoms with Gasteiger partial charge in [-0.25, -0.2) is 9.59 Å². The normalized spacial score (nSPS) is 14.6. The van der Waals surface area contributed by atoms with Crippen LogP contribution in [0, 0.1) is 0 Å². The lowest BCUT2D eigenvalue weighted by molar-refractivity contribution is -0.175. The van der Waals surface area contributed by atoms with Gasteiger partial charge >= 0.3 is 11.9 Å². The van der Waals surface area contributed by atoms with Crippen molar-refractivity contribution in [2.24, 2.45) is 0 Å². The Bertz CT molecular complexity index is 371. The minimum Gasteiger partial charge on any atom is -0.467 e. The van der Waals surface area contributed by atoms with Crippen molar-refractivity contribution in [2.75, 3.05) is 14.2 Å². The van der Waals surface area contributed by atoms with E-state index in [1.54, 1.807) is 19.9 Å². The van der Waals surface area contributed by atoms with Crippen molar-refractivity contribution < 1.29 is 29.0 Å². The number of hydrogen-bond acceptors (Lipinski definition) is 6. The van der Waals surface area contributed by atoms with Gasteiger partial charge in [0, 0.05) is 6.42 Å². The number of aliphatic hydroxyl groups is 1. The summed E-state index contributed by atoms with van der Waals surface area (Å²) < 4.78 is 8.60. The van der Waals surface area contributed by atoms with E-state index in [0.29, 0.717) is 12.0 Å². The molecule has 0 saturated carbocycles. The van der Waals surface area contributed by atoms with Gasteiger partial charge < -0.3 is 14.6 Å². The van der Waals surface area contributed by atoms with E-state index in [2.05, 4.69) is 9.47 Å². The lowest BCUT2D eigenvalue weighted by Gasteiger charge is -2.23. The van der Waals surface area contributed by atoms with Crippen LogP contribution in [0.4, 0.5) is 0 Å². The first-order valence-corrected chi connectivity index (χ1v) is 5.44. The Hall–Kier alpha value is -1.69. The molecule has 6 nitrogen and oxygen atoms in total. The fourth-order valence-corrected chi connectivity index (χ4v) is 1.44. The van der Waals surface area contributed by atoms with E-state index < -0.39 is 23.3 Å². The lowest BCUT2D eigenvalue weighted by Crippen LogP contribution is -2.51. The molecule has 0 aromatic heterocycles. The zero-order chi connectivity index (χ0) is 14.3. The summed E-state index contributed by atoms with van der Waals surface area (Å²) in [6.07, 6.45) is 1.91. The van der Waals surface area contributed by atoms with E-state index in [0.717, 1.165) is 14.2 Å². The number of methoxy groups -OCH3 is 2. The van der Waals surface area contributed by atoms with Gasteiger partial charge in [0.1, 0.15) is 0 Å². The van der Waals surface area contributed by atoms with Crippen LogP contribution in [-0.2, 0) is 23.9 Å². The molecule has 0 aliphatic rings. The predicted molar refractivity (Wildman–Crippen MR) is 62.7 cm³/mol. The van der Waals surface area contributed by atoms with Crippen LogP contribution >= 0.6 is 0 Å². The molecule has 0 rings (SSSR count). The van der Waals surface area contributed by atoms with Gasteiger partial charge in [0.15, 0.2) is 0 Å². The number of ketones is 1. The molecule has 0 radical (unpaired) electrons. The second-order valence-electron chi connectivity index (χ2n) is 3.65. The molecule has 0 aromatic carbocycles. The molecule has 0 bridgehead atoms. The van der Waals surface area contributed by atoms with E-state index in [1.165, 1.54) is 0 Å². The summed E-state index contributed by atoms with van der Waals surface area (Å²) >= 11 is 0. The van der Waals surface area contributed by atoms with Crippen molar-refractivity contribution in [3.05, 3.63) is 11.6 Å². The van der Waals surface area contributed by atoms with Crippen LogP contribution in [0.25, 0.3) is 0 Å². The molecule has 18 heavy (non-hydrogen) atoms. The first-order valence-electron chi connectivity index (χ1n) is 5.44. The lowest BCUT2D eigenvalue weighted by atomic mass is 9.89. The summed E-state index contributed by atoms with van der Waals surface area (Å²) in [7, 11) is 2.02. The van der Waals surface area contributed by atoms with Crippen LogP contribution in [0.5, 0.6) is 0 Å². The van der Waals surface area contributed by atoms with Crippen molar-refractivity contribution in [2.45, 2.75) is 32.3 Å². The van der Waals surface area contributed by atoms with Crippen LogP contribution < -0.4 is 0 Å². The number of Topliss-reactive ketones (excluding diaryl/α,β-unsaturated/α-hetero) is 1. The molecule has 102 valence electrons. The third-order valence-corrected chi connectivity index (χ3v) is 2.61. The average molecular weight is 258 g/mol. The van der Waals surface area contributed by atoms with Crippen LogP contribution in [0.3, 0.4) is 0 Å². The zero-order valence-corrected chi connectivity index (χ0v) is 11.0. The number of esters is 2. The van der Waals surface area contributed by atoms with E-state index in [9.17, 15) is 19.5 Å². The SMILES string of the molecule is C/C=C(\CC)CC(O)(C(=O)OC)C(=O)C(=O)OC. The monoisotopic (exact) mass is 258 g/mol. The number of allylic oxidation sites excluding steroid dienone is 1. The first kappa shape index (κ1) is 16.3. The summed E-state index contributed by atoms with van der Waals surface area (Å²) in [6.45, 7) is 3.51. The molecule has 0 aromatic rings. The summed E-state index contributed by atoms with van der Waals surface area (Å²) in [5.41, 5.74) is -1.88. The molecule has 0 amide bonds. The highest BCUT2D eigenvalue weighted by molar-refractivity contribution is 6.41. The maximum Gasteiger partial charge on any atom is 0.378 e. The van der Waals surface area contributed by atoms with E-state index in [-0.39, 0.29) is 6.42 Å². The molecule has 0 spiro atoms. The summed E-state index contributed by atoms with van der Waals surface area (Å²) in [5.74, 6) is -3.79. The van der Waals surface area contributed by atoms with Crippen molar-refractivity contribution in [3.8, 4) is 0 Å². The van der Waals surface area contributed by atoms with Gasteiger partial charge in [-0.15, -0.1) is 0 Å². The van der Waals surface area contributed by atoms with Crippen LogP contribution in [0.1, 0.15) is 26.7 Å². The Morgan fingerprint density at radius 2 is 1.78 bits per heavy atom. The average Bonchev–Trinajstić information content (AvgIpc) is 2.41. The van der Waals surface area contributed by atoms with Crippen molar-refractivity contribution in [1.82, 2.24) is 0 Å². The molecule has 0 fully saturated rings. The highest BCUT2D eigenvalue weighted by atomic mass is 16.5. The van der Waals surface area contributed by atoms with Crippen LogP contribution in [0.2, 0.25) is 0 Å². The van der Waals surface area contributed by atoms with Gasteiger partial charge in [0.05, 0.1) is 14.2 Å². The summed E-state index contributed by atoms with van der Waals surface area (Å²) in [4.78, 5) is 34.4. The van der Waals surface area contributed by atoms with Crippen molar-refractivity contribution in [1.29, 1.82) is 0 Å². The Morgan fingerprint density at radius 1 is 1.22 bits per heavy atom. The standard InChI is InChI=1S/C12H18O6/c1-5-8(6-2)7-12(16,11(15)18-4)9(13)10(14)17-3/h5,16H,6-7H2,1-4H3/b8-5+. The molecule has 1 N–H and O–H groups in total. The zero-order valence-electron chi connectivity index (χ0n) is 11.0. The van der Waals surface area contributed by atoms with Crippen molar-refractivity contribution >= 4 is 17.7 Å². The topological polar surface area (TPSA) is 89.9 Å². The molecule has 1 unspecified atom stereocenters. The van der Waals surface area contributed by atoms with Gasteiger partial charge in [-0.1, -0.05) is 18.6 Å². The van der Waals surface area contributed by atoms with E-state index >= 15 is 0 Å². The highest BCUT2D eigenvalue weighted by Crippen LogP contribution is 2.22. The van der Waals surface area contributed by atoms with Crippen molar-refractivity contribution in [3.63, 3.8) is 0 Å². The number of carbonyl (C=O) groups is 3. The third-order valence-electron chi connectivity index (χ3n) is 2.61. The van der Waals surface area contributed by atoms with Gasteiger partial charge in [-0.2, -0.15) is 0 Å². The summed E-state index contributed by atoms with van der Waals surface area (Å²) in [5, 5.41) is 10.1. The summed E-state index contributed by atoms with van der Waals surface area (Å²) in [6, 6.07) is 0. The molecule has 0 aliphatic carbocycles. The Balaban J connectivity index is 5.38. The minimum absolute atomic E-state index is 0.291. The Labute approximate surface area is 106 Å². The first-order chi connectivity index (χ1) is 8.37. The number of carbonyl (C=O) groups excluding carboxylic acids is 3. The molecular formula is C12H18O6. The molecule has 0 aliphatic heterocycles. The maximum atomic E-state index is 11.7. The molecule has 1 atom stereocenters. The fourth-order valence-electron chi connectivity index (χ4n) is 1.44. The molecule has 0 saturated heterocycles. The van der Waals surface area contributed by atoms with Gasteiger partial charge in [0.2, 0.25) is 5.60 Å². The van der Waals surface area contributed by atoms with Gasteiger partial charge in [-0.3, -0.25) is 4.79 Å². The largest absolute Gasteiger partial charge is 0.467 e. The Morgan fingerprint density at radius 3 is 2.11 bits per heavy atom. The van der Waals surface area contributed by atoms with E-state index in [4.69, 9.17) is 0 Å². The third kappa shape index (κ3) is 3.40. The number of hydrogen-bond donors (Lipinski definition) is 1. The highest BCUT2D eigenvalue weighted by Gasteiger charge is 2.49. The molecule has 6 heteroatoms. The fraction of sp³-hybridized carbons (Fsp3) is 0.583. The molecular weight excluding hydrogens is 240 g/mol. The minimum atomic E-state index is -2.53. The second-order valence-corrected chi connectivity index (χ2v) is 3.65. The van der Waals surface area contributed by atoms with Crippen LogP contribution in [-0.4, -0.2) is 42.6 Å². The smallest absolute Gasteiger partial charge is 0.378 e. The van der Waals surface area contributed by atoms with Gasteiger partial charge in [0.25, 0.3) is 5.78 Å². The van der Waals surface area contributed by atoms with Gasteiger partial charge in [-0.05, 0) is 13.3 Å². The number of rotatable bonds is 6. The quantitative estimate of drug-likeness (QED) is 0.320. The van der Waals surface area contributed by atoms with Crippen LogP contribution in [0.15, 0.2) is 11.6 Å².